The molecule has 0 aromatic heterocycles. The van der Waals surface area contributed by atoms with E-state index in [2.05, 4.69) is 15.3 Å². The maximum Gasteiger partial charge on any atom is 0.433 e. The van der Waals surface area contributed by atoms with Gasteiger partial charge in [0, 0.05) is 6.54 Å². The molecule has 1 aromatic rings. The number of carbonyl (C=O) groups is 1. The van der Waals surface area contributed by atoms with Gasteiger partial charge in [-0.15, -0.1) is 0 Å². The summed E-state index contributed by atoms with van der Waals surface area (Å²) in [4.78, 5) is 15.6. The number of amides is 1. The molecule has 0 bridgehead atoms. The Morgan fingerprint density at radius 2 is 2.05 bits per heavy atom. The van der Waals surface area contributed by atoms with E-state index >= 15 is 0 Å². The highest BCUT2D eigenvalue weighted by Crippen LogP contribution is 2.12. The van der Waals surface area contributed by atoms with Crippen LogP contribution in [-0.2, 0) is 4.84 Å². The summed E-state index contributed by atoms with van der Waals surface area (Å²) >= 11 is 0. The predicted octanol–water partition coefficient (Wildman–Crippen LogP) is 2.83. The van der Waals surface area contributed by atoms with E-state index in [0.717, 1.165) is 11.3 Å². The number of ether oxygens (including phenoxy) is 1. The highest BCUT2D eigenvalue weighted by molar-refractivity contribution is 5.96. The van der Waals surface area contributed by atoms with E-state index in [4.69, 9.17) is 4.74 Å². The quantitative estimate of drug-likeness (QED) is 0.504. The Kier molecular flexibility index (Phi) is 6.15. The van der Waals surface area contributed by atoms with Crippen LogP contribution in [0.5, 0.6) is 5.75 Å². The fourth-order valence-electron chi connectivity index (χ4n) is 1.25. The Morgan fingerprint density at radius 1 is 1.37 bits per heavy atom. The molecule has 0 fully saturated rings. The van der Waals surface area contributed by atoms with E-state index in [1.807, 2.05) is 30.3 Å². The fourth-order valence-corrected chi connectivity index (χ4v) is 1.25. The summed E-state index contributed by atoms with van der Waals surface area (Å²) in [6, 6.07) is 7.59. The second-order valence-electron chi connectivity index (χ2n) is 3.75. The summed E-state index contributed by atoms with van der Waals surface area (Å²) in [7, 11) is 1.63. The van der Waals surface area contributed by atoms with Gasteiger partial charge in [-0.25, -0.2) is 4.79 Å². The van der Waals surface area contributed by atoms with Gasteiger partial charge in [-0.2, -0.15) is 0 Å². The Balaban J connectivity index is 2.54. The first-order valence-electron chi connectivity index (χ1n) is 5.97. The van der Waals surface area contributed by atoms with Crippen LogP contribution in [0.15, 0.2) is 35.5 Å². The number of benzene rings is 1. The van der Waals surface area contributed by atoms with Gasteiger partial charge in [-0.3, -0.25) is 4.84 Å². The average Bonchev–Trinajstić information content (AvgIpc) is 2.44. The number of carbonyl (C=O) groups excluding carboxylic acids is 1. The second-order valence-corrected chi connectivity index (χ2v) is 3.75. The zero-order valence-corrected chi connectivity index (χ0v) is 11.3. The summed E-state index contributed by atoms with van der Waals surface area (Å²) < 4.78 is 5.07. The molecule has 1 N–H and O–H groups in total. The SMILES string of the molecule is CCNC(=O)O/N=C(C)/C=C/c1ccc(OC)cc1. The summed E-state index contributed by atoms with van der Waals surface area (Å²) in [5.41, 5.74) is 1.61. The Bertz CT molecular complexity index is 464. The first kappa shape index (κ1) is 14.8. The van der Waals surface area contributed by atoms with E-state index in [1.165, 1.54) is 0 Å². The van der Waals surface area contributed by atoms with Crippen molar-refractivity contribution in [1.29, 1.82) is 0 Å². The number of methoxy groups -OCH3 is 1. The molecule has 5 heteroatoms. The van der Waals surface area contributed by atoms with Crippen LogP contribution >= 0.6 is 0 Å². The molecule has 0 unspecified atom stereocenters. The minimum Gasteiger partial charge on any atom is -0.497 e. The Morgan fingerprint density at radius 3 is 2.63 bits per heavy atom. The van der Waals surface area contributed by atoms with E-state index in [1.54, 1.807) is 27.0 Å². The van der Waals surface area contributed by atoms with Crippen LogP contribution < -0.4 is 10.1 Å². The third-order valence-electron chi connectivity index (χ3n) is 2.23. The standard InChI is InChI=1S/C14H18N2O3/c1-4-15-14(17)19-16-11(2)5-6-12-7-9-13(18-3)10-8-12/h5-10H,4H2,1-3H3,(H,15,17)/b6-5+,16-11+. The maximum absolute atomic E-state index is 11.0. The van der Waals surface area contributed by atoms with Crippen LogP contribution in [0.4, 0.5) is 4.79 Å². The Hall–Kier alpha value is -2.30. The topological polar surface area (TPSA) is 59.9 Å². The van der Waals surface area contributed by atoms with Crippen LogP contribution in [0.1, 0.15) is 19.4 Å². The van der Waals surface area contributed by atoms with Crippen molar-refractivity contribution in [3.63, 3.8) is 0 Å². The number of nitrogens with zero attached hydrogens (tertiary/aromatic N) is 1. The van der Waals surface area contributed by atoms with Gasteiger partial charge in [0.15, 0.2) is 0 Å². The average molecular weight is 262 g/mol. The minimum absolute atomic E-state index is 0.509. The fraction of sp³-hybridized carbons (Fsp3) is 0.286. The second kappa shape index (κ2) is 7.92. The third kappa shape index (κ3) is 5.72. The summed E-state index contributed by atoms with van der Waals surface area (Å²) in [5, 5.41) is 6.17. The summed E-state index contributed by atoms with van der Waals surface area (Å²) in [5.74, 6) is 0.808. The number of hydrogen-bond donors (Lipinski definition) is 1. The molecule has 5 nitrogen and oxygen atoms in total. The van der Waals surface area contributed by atoms with Crippen LogP contribution in [0.3, 0.4) is 0 Å². The van der Waals surface area contributed by atoms with Crippen LogP contribution in [-0.4, -0.2) is 25.5 Å². The highest BCUT2D eigenvalue weighted by atomic mass is 16.7. The lowest BCUT2D eigenvalue weighted by molar-refractivity contribution is 0.151. The molecule has 0 spiro atoms. The lowest BCUT2D eigenvalue weighted by Crippen LogP contribution is -2.22. The van der Waals surface area contributed by atoms with Crippen molar-refractivity contribution in [2.24, 2.45) is 5.16 Å². The molecule has 19 heavy (non-hydrogen) atoms. The molecule has 0 atom stereocenters. The van der Waals surface area contributed by atoms with Crippen molar-refractivity contribution in [1.82, 2.24) is 5.32 Å². The minimum atomic E-state index is -0.556. The normalized spacial score (nSPS) is 11.4. The van der Waals surface area contributed by atoms with Gasteiger partial charge in [0.05, 0.1) is 12.8 Å². The molecule has 1 aromatic carbocycles. The lowest BCUT2D eigenvalue weighted by atomic mass is 10.2. The number of hydrogen-bond acceptors (Lipinski definition) is 4. The smallest absolute Gasteiger partial charge is 0.433 e. The highest BCUT2D eigenvalue weighted by Gasteiger charge is 1.97. The van der Waals surface area contributed by atoms with Crippen LogP contribution in [0.2, 0.25) is 0 Å². The number of oxime groups is 1. The molecule has 0 heterocycles. The molecule has 0 radical (unpaired) electrons. The van der Waals surface area contributed by atoms with Crippen molar-refractivity contribution in [2.45, 2.75) is 13.8 Å². The van der Waals surface area contributed by atoms with Gasteiger partial charge in [0.2, 0.25) is 0 Å². The van der Waals surface area contributed by atoms with Gasteiger partial charge in [0.25, 0.3) is 0 Å². The monoisotopic (exact) mass is 262 g/mol. The molecule has 0 aliphatic rings. The first-order chi connectivity index (χ1) is 9.15. The molecule has 0 saturated carbocycles. The van der Waals surface area contributed by atoms with Gasteiger partial charge in [-0.1, -0.05) is 23.4 Å². The van der Waals surface area contributed by atoms with E-state index < -0.39 is 6.09 Å². The predicted molar refractivity (Wildman–Crippen MR) is 75.3 cm³/mol. The van der Waals surface area contributed by atoms with Gasteiger partial charge >= 0.3 is 6.09 Å². The van der Waals surface area contributed by atoms with Crippen LogP contribution in [0.25, 0.3) is 6.08 Å². The third-order valence-corrected chi connectivity index (χ3v) is 2.23. The van der Waals surface area contributed by atoms with Gasteiger partial charge in [0.1, 0.15) is 5.75 Å². The molecular formula is C14H18N2O3. The molecule has 0 saturated heterocycles. The van der Waals surface area contributed by atoms with Gasteiger partial charge < -0.3 is 10.1 Å². The largest absolute Gasteiger partial charge is 0.497 e. The van der Waals surface area contributed by atoms with Crippen molar-refractivity contribution < 1.29 is 14.4 Å². The molecule has 0 aliphatic carbocycles. The summed E-state index contributed by atoms with van der Waals surface area (Å²) in [6.45, 7) is 4.07. The molecule has 0 aliphatic heterocycles. The summed E-state index contributed by atoms with van der Waals surface area (Å²) in [6.07, 6.45) is 3.08. The maximum atomic E-state index is 11.0. The van der Waals surface area contributed by atoms with Crippen molar-refractivity contribution >= 4 is 17.9 Å². The zero-order valence-electron chi connectivity index (χ0n) is 11.3. The number of allylic oxidation sites excluding steroid dienone is 1. The van der Waals surface area contributed by atoms with E-state index in [0.29, 0.717) is 12.3 Å². The molecule has 102 valence electrons. The number of nitrogens with one attached hydrogen (secondary N) is 1. The molecular weight excluding hydrogens is 244 g/mol. The molecule has 1 rings (SSSR count). The van der Waals surface area contributed by atoms with E-state index in [9.17, 15) is 4.79 Å². The van der Waals surface area contributed by atoms with Crippen molar-refractivity contribution in [2.75, 3.05) is 13.7 Å². The van der Waals surface area contributed by atoms with Crippen LogP contribution in [0, 0.1) is 0 Å². The van der Waals surface area contributed by atoms with Gasteiger partial charge in [-0.05, 0) is 37.6 Å². The lowest BCUT2D eigenvalue weighted by Gasteiger charge is -1.99. The Labute approximate surface area is 112 Å². The first-order valence-corrected chi connectivity index (χ1v) is 5.97. The van der Waals surface area contributed by atoms with Crippen molar-refractivity contribution in [3.8, 4) is 5.75 Å². The van der Waals surface area contributed by atoms with Crippen molar-refractivity contribution in [3.05, 3.63) is 35.9 Å². The number of rotatable bonds is 5. The van der Waals surface area contributed by atoms with E-state index in [-0.39, 0.29) is 0 Å². The molecule has 1 amide bonds. The zero-order chi connectivity index (χ0) is 14.1.